The van der Waals surface area contributed by atoms with Crippen molar-refractivity contribution in [3.05, 3.63) is 93.0 Å². The van der Waals surface area contributed by atoms with Crippen molar-refractivity contribution in [2.75, 3.05) is 11.4 Å². The van der Waals surface area contributed by atoms with Gasteiger partial charge in [0.2, 0.25) is 5.95 Å². The highest BCUT2D eigenvalue weighted by atomic mass is 16.3. The molecule has 160 valence electrons. The summed E-state index contributed by atoms with van der Waals surface area (Å²) in [6, 6.07) is 17.7. The van der Waals surface area contributed by atoms with Crippen LogP contribution in [0, 0.1) is 0 Å². The molecule has 5 aromatic rings. The third-order valence-corrected chi connectivity index (χ3v) is 6.22. The van der Waals surface area contributed by atoms with E-state index < -0.39 is 0 Å². The minimum absolute atomic E-state index is 0.208. The molecule has 0 fully saturated rings. The quantitative estimate of drug-likeness (QED) is 0.441. The van der Waals surface area contributed by atoms with Crippen molar-refractivity contribution in [3.63, 3.8) is 0 Å². The van der Waals surface area contributed by atoms with Gasteiger partial charge in [-0.25, -0.2) is 4.79 Å². The first-order valence-corrected chi connectivity index (χ1v) is 10.6. The summed E-state index contributed by atoms with van der Waals surface area (Å²) < 4.78 is 10.2. The van der Waals surface area contributed by atoms with Crippen molar-refractivity contribution in [1.29, 1.82) is 0 Å². The van der Waals surface area contributed by atoms with E-state index in [1.165, 1.54) is 9.13 Å². The maximum atomic E-state index is 13.5. The first-order valence-electron chi connectivity index (χ1n) is 10.6. The lowest BCUT2D eigenvalue weighted by Crippen LogP contribution is -2.40. The van der Waals surface area contributed by atoms with Gasteiger partial charge in [0.1, 0.15) is 5.76 Å². The highest BCUT2D eigenvalue weighted by molar-refractivity contribution is 5.85. The Morgan fingerprint density at radius 1 is 0.969 bits per heavy atom. The number of hydrogen-bond donors (Lipinski definition) is 0. The molecule has 0 bridgehead atoms. The molecule has 2 aromatic carbocycles. The second-order valence-corrected chi connectivity index (χ2v) is 8.11. The van der Waals surface area contributed by atoms with Crippen molar-refractivity contribution < 1.29 is 4.42 Å². The molecule has 0 aliphatic carbocycles. The summed E-state index contributed by atoms with van der Waals surface area (Å²) in [5.74, 6) is 1.51. The third kappa shape index (κ3) is 2.72. The van der Waals surface area contributed by atoms with E-state index >= 15 is 0 Å². The Morgan fingerprint density at radius 2 is 1.81 bits per heavy atom. The van der Waals surface area contributed by atoms with Gasteiger partial charge in [0.25, 0.3) is 5.56 Å². The molecule has 0 unspecified atom stereocenters. The fourth-order valence-electron chi connectivity index (χ4n) is 4.61. The molecular formula is C24H21N5O3. The SMILES string of the molecule is Cn1c(=O)n(Cc2cccc3ccccc23)c(=O)c2c1nc1n2CCN1Cc1ccco1. The van der Waals surface area contributed by atoms with Crippen LogP contribution in [0.3, 0.4) is 0 Å². The van der Waals surface area contributed by atoms with Crippen LogP contribution in [-0.4, -0.2) is 25.2 Å². The minimum Gasteiger partial charge on any atom is -0.467 e. The average molecular weight is 427 g/mol. The fraction of sp³-hybridized carbons (Fsp3) is 0.208. The van der Waals surface area contributed by atoms with Crippen LogP contribution in [0.5, 0.6) is 0 Å². The summed E-state index contributed by atoms with van der Waals surface area (Å²) >= 11 is 0. The molecule has 0 N–H and O–H groups in total. The number of furan rings is 1. The molecule has 4 heterocycles. The van der Waals surface area contributed by atoms with E-state index in [1.54, 1.807) is 13.3 Å². The topological polar surface area (TPSA) is 78.2 Å². The van der Waals surface area contributed by atoms with E-state index in [1.807, 2.05) is 59.2 Å². The normalized spacial score (nSPS) is 13.3. The van der Waals surface area contributed by atoms with Crippen LogP contribution in [0.1, 0.15) is 11.3 Å². The first kappa shape index (κ1) is 18.7. The second kappa shape index (κ2) is 6.98. The molecule has 8 nitrogen and oxygen atoms in total. The monoisotopic (exact) mass is 427 g/mol. The van der Waals surface area contributed by atoms with E-state index in [9.17, 15) is 9.59 Å². The number of imidazole rings is 1. The Bertz CT molecular complexity index is 1590. The third-order valence-electron chi connectivity index (χ3n) is 6.22. The van der Waals surface area contributed by atoms with Gasteiger partial charge in [0.05, 0.1) is 19.4 Å². The van der Waals surface area contributed by atoms with Crippen LogP contribution in [0.15, 0.2) is 74.9 Å². The van der Waals surface area contributed by atoms with Gasteiger partial charge in [0.15, 0.2) is 11.2 Å². The molecular weight excluding hydrogens is 406 g/mol. The largest absolute Gasteiger partial charge is 0.467 e. The van der Waals surface area contributed by atoms with Gasteiger partial charge in [-0.3, -0.25) is 13.9 Å². The molecule has 0 atom stereocenters. The Labute approximate surface area is 182 Å². The number of aromatic nitrogens is 4. The Kier molecular flexibility index (Phi) is 4.07. The molecule has 8 heteroatoms. The van der Waals surface area contributed by atoms with E-state index in [4.69, 9.17) is 4.42 Å². The Morgan fingerprint density at radius 3 is 2.66 bits per heavy atom. The number of benzene rings is 2. The number of hydrogen-bond acceptors (Lipinski definition) is 5. The molecule has 6 rings (SSSR count). The maximum absolute atomic E-state index is 13.5. The highest BCUT2D eigenvalue weighted by Gasteiger charge is 2.28. The van der Waals surface area contributed by atoms with Gasteiger partial charge in [-0.05, 0) is 28.5 Å². The van der Waals surface area contributed by atoms with Gasteiger partial charge in [-0.15, -0.1) is 0 Å². The van der Waals surface area contributed by atoms with Crippen molar-refractivity contribution in [1.82, 2.24) is 18.7 Å². The maximum Gasteiger partial charge on any atom is 0.332 e. The van der Waals surface area contributed by atoms with Crippen LogP contribution >= 0.6 is 0 Å². The van der Waals surface area contributed by atoms with Crippen molar-refractivity contribution in [2.24, 2.45) is 7.05 Å². The number of fused-ring (bicyclic) bond motifs is 4. The predicted molar refractivity (Wildman–Crippen MR) is 122 cm³/mol. The molecule has 32 heavy (non-hydrogen) atoms. The second-order valence-electron chi connectivity index (χ2n) is 8.11. The van der Waals surface area contributed by atoms with Crippen LogP contribution in [0.2, 0.25) is 0 Å². The Balaban J connectivity index is 1.49. The lowest BCUT2D eigenvalue weighted by atomic mass is 10.0. The van der Waals surface area contributed by atoms with Gasteiger partial charge in [0, 0.05) is 20.1 Å². The van der Waals surface area contributed by atoms with Crippen molar-refractivity contribution in [2.45, 2.75) is 19.6 Å². The summed E-state index contributed by atoms with van der Waals surface area (Å²) in [5, 5.41) is 2.11. The van der Waals surface area contributed by atoms with Crippen LogP contribution in [-0.2, 0) is 26.7 Å². The molecule has 0 saturated carbocycles. The zero-order valence-electron chi connectivity index (χ0n) is 17.6. The zero-order chi connectivity index (χ0) is 21.8. The van der Waals surface area contributed by atoms with Crippen LogP contribution < -0.4 is 16.1 Å². The van der Waals surface area contributed by atoms with Gasteiger partial charge >= 0.3 is 5.69 Å². The van der Waals surface area contributed by atoms with Crippen LogP contribution in [0.25, 0.3) is 21.9 Å². The lowest BCUT2D eigenvalue weighted by molar-refractivity contribution is 0.504. The highest BCUT2D eigenvalue weighted by Crippen LogP contribution is 2.26. The molecule has 3 aromatic heterocycles. The number of nitrogens with zero attached hydrogens (tertiary/aromatic N) is 5. The Hall–Kier alpha value is -4.07. The molecule has 0 amide bonds. The van der Waals surface area contributed by atoms with Crippen molar-refractivity contribution >= 4 is 27.9 Å². The van der Waals surface area contributed by atoms with E-state index in [-0.39, 0.29) is 17.8 Å². The van der Waals surface area contributed by atoms with E-state index in [0.717, 1.165) is 28.6 Å². The van der Waals surface area contributed by atoms with Gasteiger partial charge in [-0.2, -0.15) is 4.98 Å². The molecule has 1 aliphatic rings. The van der Waals surface area contributed by atoms with Gasteiger partial charge in [-0.1, -0.05) is 42.5 Å². The fourth-order valence-corrected chi connectivity index (χ4v) is 4.61. The van der Waals surface area contributed by atoms with E-state index in [0.29, 0.717) is 30.2 Å². The predicted octanol–water partition coefficient (Wildman–Crippen LogP) is 2.71. The molecule has 1 aliphatic heterocycles. The minimum atomic E-state index is -0.371. The van der Waals surface area contributed by atoms with Gasteiger partial charge < -0.3 is 13.9 Å². The zero-order valence-corrected chi connectivity index (χ0v) is 17.6. The summed E-state index contributed by atoms with van der Waals surface area (Å²) in [6.45, 7) is 2.13. The lowest BCUT2D eigenvalue weighted by Gasteiger charge is -2.13. The van der Waals surface area contributed by atoms with Crippen molar-refractivity contribution in [3.8, 4) is 0 Å². The summed E-state index contributed by atoms with van der Waals surface area (Å²) in [4.78, 5) is 33.4. The van der Waals surface area contributed by atoms with Crippen LogP contribution in [0.4, 0.5) is 5.95 Å². The molecule has 0 saturated heterocycles. The molecule has 0 spiro atoms. The number of aryl methyl sites for hydroxylation is 1. The number of rotatable bonds is 4. The van der Waals surface area contributed by atoms with E-state index in [2.05, 4.69) is 9.88 Å². The average Bonchev–Trinajstić information content (AvgIpc) is 3.54. The summed E-state index contributed by atoms with van der Waals surface area (Å²) in [5.41, 5.74) is 1.12. The molecule has 0 radical (unpaired) electrons. The summed E-state index contributed by atoms with van der Waals surface area (Å²) in [6.07, 6.45) is 1.64. The smallest absolute Gasteiger partial charge is 0.332 e. The summed E-state index contributed by atoms with van der Waals surface area (Å²) in [7, 11) is 1.67. The standard InChI is InChI=1S/C24H21N5O3/c1-26-21-20(28-12-11-27(23(28)25-21)15-18-9-5-13-32-18)22(30)29(24(26)31)14-17-8-4-7-16-6-2-3-10-19(16)17/h2-10,13H,11-12,14-15H2,1H3. The first-order chi connectivity index (χ1) is 15.6. The number of anilines is 1.